The first-order valence-electron chi connectivity index (χ1n) is 6.18. The Labute approximate surface area is 135 Å². The quantitative estimate of drug-likeness (QED) is 0.599. The third kappa shape index (κ3) is 3.07. The monoisotopic (exact) mass is 400 g/mol. The van der Waals surface area contributed by atoms with Gasteiger partial charge in [0, 0.05) is 10.0 Å². The van der Waals surface area contributed by atoms with E-state index >= 15 is 0 Å². The van der Waals surface area contributed by atoms with Crippen LogP contribution in [0.5, 0.6) is 5.75 Å². The number of methoxy groups -OCH3 is 1. The maximum Gasteiger partial charge on any atom is 0.126 e. The molecule has 4 heteroatoms. The maximum absolute atomic E-state index is 13.7. The minimum Gasteiger partial charge on any atom is -0.496 e. The van der Waals surface area contributed by atoms with Crippen LogP contribution in [0.4, 0.5) is 4.39 Å². The second-order valence-electron chi connectivity index (χ2n) is 4.71. The molecule has 1 unspecified atom stereocenters. The second kappa shape index (κ2) is 6.27. The molecule has 0 fully saturated rings. The fourth-order valence-corrected chi connectivity index (χ4v) is 3.00. The van der Waals surface area contributed by atoms with Crippen LogP contribution in [0.3, 0.4) is 0 Å². The molecule has 0 aromatic heterocycles. The van der Waals surface area contributed by atoms with Crippen LogP contribution in [0.25, 0.3) is 0 Å². The van der Waals surface area contributed by atoms with E-state index in [1.54, 1.807) is 26.2 Å². The molecule has 0 aliphatic heterocycles. The van der Waals surface area contributed by atoms with E-state index in [-0.39, 0.29) is 10.6 Å². The molecule has 2 aromatic carbocycles. The fourth-order valence-electron chi connectivity index (χ4n) is 1.99. The minimum absolute atomic E-state index is 0.121. The van der Waals surface area contributed by atoms with Gasteiger partial charge in [-0.3, -0.25) is 0 Å². The first-order valence-corrected chi connectivity index (χ1v) is 7.89. The molecule has 0 aliphatic rings. The highest BCUT2D eigenvalue weighted by Gasteiger charge is 2.17. The van der Waals surface area contributed by atoms with Crippen molar-refractivity contribution in [1.82, 2.24) is 0 Å². The predicted octanol–water partition coefficient (Wildman–Crippen LogP) is 5.70. The fraction of sp³-hybridized carbons (Fsp3) is 0.250. The van der Waals surface area contributed by atoms with Gasteiger partial charge in [0.2, 0.25) is 0 Å². The lowest BCUT2D eigenvalue weighted by molar-refractivity contribution is 0.410. The van der Waals surface area contributed by atoms with Crippen molar-refractivity contribution in [2.75, 3.05) is 7.11 Å². The van der Waals surface area contributed by atoms with Gasteiger partial charge in [-0.1, -0.05) is 44.0 Å². The van der Waals surface area contributed by atoms with Crippen LogP contribution >= 0.6 is 31.9 Å². The number of halogens is 3. The van der Waals surface area contributed by atoms with E-state index in [9.17, 15) is 4.39 Å². The Kier molecular flexibility index (Phi) is 4.86. The van der Waals surface area contributed by atoms with Crippen LogP contribution < -0.4 is 4.74 Å². The minimum atomic E-state index is -0.197. The number of benzene rings is 2. The van der Waals surface area contributed by atoms with Gasteiger partial charge in [0.1, 0.15) is 11.6 Å². The molecule has 0 saturated heterocycles. The standard InChI is InChI=1S/C16H15Br2FO/c1-9-4-5-11(7-14(9)19)16(18)12-8-13(17)10(2)6-15(12)20-3/h4-8,16H,1-3H3. The van der Waals surface area contributed by atoms with E-state index in [1.807, 2.05) is 25.1 Å². The summed E-state index contributed by atoms with van der Waals surface area (Å²) >= 11 is 7.16. The van der Waals surface area contributed by atoms with Crippen LogP contribution in [0, 0.1) is 19.7 Å². The normalized spacial score (nSPS) is 12.3. The molecule has 0 aliphatic carbocycles. The van der Waals surface area contributed by atoms with Gasteiger partial charge in [-0.2, -0.15) is 0 Å². The molecular formula is C16H15Br2FO. The van der Waals surface area contributed by atoms with Gasteiger partial charge in [-0.05, 0) is 48.7 Å². The summed E-state index contributed by atoms with van der Waals surface area (Å²) in [5.41, 5.74) is 3.57. The smallest absolute Gasteiger partial charge is 0.126 e. The highest BCUT2D eigenvalue weighted by molar-refractivity contribution is 9.10. The summed E-state index contributed by atoms with van der Waals surface area (Å²) in [6.45, 7) is 3.76. The number of alkyl halides is 1. The van der Waals surface area contributed by atoms with E-state index < -0.39 is 0 Å². The molecule has 1 atom stereocenters. The maximum atomic E-state index is 13.7. The van der Waals surface area contributed by atoms with Crippen molar-refractivity contribution in [2.24, 2.45) is 0 Å². The molecule has 1 nitrogen and oxygen atoms in total. The molecule has 0 radical (unpaired) electrons. The highest BCUT2D eigenvalue weighted by atomic mass is 79.9. The summed E-state index contributed by atoms with van der Waals surface area (Å²) in [6, 6.07) is 9.24. The summed E-state index contributed by atoms with van der Waals surface area (Å²) in [7, 11) is 1.64. The number of hydrogen-bond donors (Lipinski definition) is 0. The Balaban J connectivity index is 2.49. The lowest BCUT2D eigenvalue weighted by atomic mass is 10.0. The molecule has 0 N–H and O–H groups in total. The molecule has 0 amide bonds. The average molecular weight is 402 g/mol. The van der Waals surface area contributed by atoms with Gasteiger partial charge in [0.15, 0.2) is 0 Å². The first kappa shape index (κ1) is 15.5. The van der Waals surface area contributed by atoms with Gasteiger partial charge in [-0.15, -0.1) is 0 Å². The number of hydrogen-bond acceptors (Lipinski definition) is 1. The molecular weight excluding hydrogens is 387 g/mol. The Hall–Kier alpha value is -0.870. The molecule has 2 aromatic rings. The molecule has 0 spiro atoms. The third-order valence-corrected chi connectivity index (χ3v) is 5.15. The van der Waals surface area contributed by atoms with Crippen molar-refractivity contribution in [3.05, 3.63) is 62.9 Å². The molecule has 0 saturated carbocycles. The van der Waals surface area contributed by atoms with Crippen LogP contribution in [-0.2, 0) is 0 Å². The van der Waals surface area contributed by atoms with E-state index in [0.717, 1.165) is 26.9 Å². The van der Waals surface area contributed by atoms with Gasteiger partial charge in [0.05, 0.1) is 11.9 Å². The van der Waals surface area contributed by atoms with E-state index in [2.05, 4.69) is 31.9 Å². The zero-order chi connectivity index (χ0) is 14.9. The lowest BCUT2D eigenvalue weighted by Gasteiger charge is -2.17. The highest BCUT2D eigenvalue weighted by Crippen LogP contribution is 2.39. The predicted molar refractivity (Wildman–Crippen MR) is 87.3 cm³/mol. The van der Waals surface area contributed by atoms with Crippen molar-refractivity contribution in [1.29, 1.82) is 0 Å². The lowest BCUT2D eigenvalue weighted by Crippen LogP contribution is -1.99. The topological polar surface area (TPSA) is 9.23 Å². The third-order valence-electron chi connectivity index (χ3n) is 3.27. The number of rotatable bonds is 3. The first-order chi connectivity index (χ1) is 9.43. The summed E-state index contributed by atoms with van der Waals surface area (Å²) < 4.78 is 20.2. The van der Waals surface area contributed by atoms with Gasteiger partial charge < -0.3 is 4.74 Å². The summed E-state index contributed by atoms with van der Waals surface area (Å²) in [5.74, 6) is 0.589. The number of aryl methyl sites for hydroxylation is 2. The van der Waals surface area contributed by atoms with E-state index in [0.29, 0.717) is 5.56 Å². The summed E-state index contributed by atoms with van der Waals surface area (Å²) in [6.07, 6.45) is 0. The van der Waals surface area contributed by atoms with Crippen LogP contribution in [0.1, 0.15) is 27.1 Å². The van der Waals surface area contributed by atoms with Gasteiger partial charge in [-0.25, -0.2) is 4.39 Å². The van der Waals surface area contributed by atoms with E-state index in [1.165, 1.54) is 0 Å². The molecule has 106 valence electrons. The van der Waals surface area contributed by atoms with Gasteiger partial charge >= 0.3 is 0 Å². The Morgan fingerprint density at radius 1 is 1.10 bits per heavy atom. The van der Waals surface area contributed by atoms with Crippen molar-refractivity contribution in [2.45, 2.75) is 18.7 Å². The van der Waals surface area contributed by atoms with Crippen molar-refractivity contribution < 1.29 is 9.13 Å². The van der Waals surface area contributed by atoms with E-state index in [4.69, 9.17) is 4.74 Å². The Bertz CT molecular complexity index is 641. The van der Waals surface area contributed by atoms with Crippen molar-refractivity contribution in [3.63, 3.8) is 0 Å². The zero-order valence-corrected chi connectivity index (χ0v) is 14.7. The van der Waals surface area contributed by atoms with Gasteiger partial charge in [0.25, 0.3) is 0 Å². The molecule has 0 heterocycles. The van der Waals surface area contributed by atoms with Crippen LogP contribution in [-0.4, -0.2) is 7.11 Å². The molecule has 20 heavy (non-hydrogen) atoms. The molecule has 0 bridgehead atoms. The number of ether oxygens (including phenoxy) is 1. The van der Waals surface area contributed by atoms with Crippen molar-refractivity contribution >= 4 is 31.9 Å². The summed E-state index contributed by atoms with van der Waals surface area (Å²) in [5, 5.41) is 0. The van der Waals surface area contributed by atoms with Crippen LogP contribution in [0.15, 0.2) is 34.8 Å². The Morgan fingerprint density at radius 2 is 1.80 bits per heavy atom. The average Bonchev–Trinajstić information content (AvgIpc) is 2.43. The SMILES string of the molecule is COc1cc(C)c(Br)cc1C(Br)c1ccc(C)c(F)c1. The summed E-state index contributed by atoms with van der Waals surface area (Å²) in [4.78, 5) is -0.121. The molecule has 2 rings (SSSR count). The van der Waals surface area contributed by atoms with Crippen molar-refractivity contribution in [3.8, 4) is 5.75 Å². The van der Waals surface area contributed by atoms with Crippen LogP contribution in [0.2, 0.25) is 0 Å². The largest absolute Gasteiger partial charge is 0.496 e. The zero-order valence-electron chi connectivity index (χ0n) is 11.5. The Morgan fingerprint density at radius 3 is 2.40 bits per heavy atom. The second-order valence-corrected chi connectivity index (χ2v) is 6.48.